The number of amides is 1. The van der Waals surface area contributed by atoms with Gasteiger partial charge in [-0.05, 0) is 38.1 Å². The van der Waals surface area contributed by atoms with Gasteiger partial charge in [-0.2, -0.15) is 0 Å². The van der Waals surface area contributed by atoms with Crippen LogP contribution in [-0.4, -0.2) is 30.4 Å². The highest BCUT2D eigenvalue weighted by Gasteiger charge is 2.21. The third-order valence-corrected chi connectivity index (χ3v) is 2.37. The van der Waals surface area contributed by atoms with Gasteiger partial charge in [0, 0.05) is 13.1 Å². The summed E-state index contributed by atoms with van der Waals surface area (Å²) in [6.45, 7) is 3.97. The second-order valence-electron chi connectivity index (χ2n) is 3.37. The molecular formula is C10H16N2O. The molecule has 13 heavy (non-hydrogen) atoms. The maximum absolute atomic E-state index is 11.4. The number of piperidine rings is 1. The summed E-state index contributed by atoms with van der Waals surface area (Å²) in [5, 5.41) is 0. The smallest absolute Gasteiger partial charge is 0.298 e. The van der Waals surface area contributed by atoms with Gasteiger partial charge in [0.05, 0.1) is 0 Å². The first-order chi connectivity index (χ1) is 6.27. The number of nitrogens with zero attached hydrogens (tertiary/aromatic N) is 1. The summed E-state index contributed by atoms with van der Waals surface area (Å²) in [7, 11) is 0. The number of hydrogen-bond acceptors (Lipinski definition) is 2. The average Bonchev–Trinajstić information content (AvgIpc) is 2.18. The quantitative estimate of drug-likeness (QED) is 0.586. The van der Waals surface area contributed by atoms with Gasteiger partial charge in [0.25, 0.3) is 5.91 Å². The van der Waals surface area contributed by atoms with E-state index in [4.69, 9.17) is 5.73 Å². The van der Waals surface area contributed by atoms with Crippen molar-refractivity contribution < 1.29 is 4.79 Å². The number of hydrogen-bond donors (Lipinski definition) is 1. The molecule has 72 valence electrons. The van der Waals surface area contributed by atoms with E-state index >= 15 is 0 Å². The van der Waals surface area contributed by atoms with Crippen LogP contribution in [0.15, 0.2) is 0 Å². The van der Waals surface area contributed by atoms with Crippen LogP contribution in [0.5, 0.6) is 0 Å². The predicted molar refractivity (Wildman–Crippen MR) is 51.8 cm³/mol. The molecule has 0 aromatic rings. The van der Waals surface area contributed by atoms with E-state index < -0.39 is 0 Å². The van der Waals surface area contributed by atoms with E-state index in [0.717, 1.165) is 25.9 Å². The minimum absolute atomic E-state index is 0.0550. The highest BCUT2D eigenvalue weighted by Crippen LogP contribution is 2.14. The van der Waals surface area contributed by atoms with Crippen LogP contribution in [-0.2, 0) is 4.79 Å². The Morgan fingerprint density at radius 1 is 1.69 bits per heavy atom. The standard InChI is InChI=1S/C10H16N2O/c1-2-4-10(13)12-6-3-5-9(7-11)8-12/h9H,3,5-8,11H2,1H3. The van der Waals surface area contributed by atoms with Crippen LogP contribution < -0.4 is 5.73 Å². The third kappa shape index (κ3) is 2.74. The van der Waals surface area contributed by atoms with Crippen molar-refractivity contribution in [1.82, 2.24) is 4.90 Å². The molecule has 1 amide bonds. The molecule has 2 N–H and O–H groups in total. The molecule has 3 heteroatoms. The molecule has 0 aliphatic carbocycles. The van der Waals surface area contributed by atoms with Crippen LogP contribution >= 0.6 is 0 Å². The highest BCUT2D eigenvalue weighted by molar-refractivity contribution is 5.93. The molecule has 1 aliphatic heterocycles. The lowest BCUT2D eigenvalue weighted by molar-refractivity contribution is -0.126. The Hall–Kier alpha value is -1.01. The lowest BCUT2D eigenvalue weighted by Crippen LogP contribution is -2.41. The summed E-state index contributed by atoms with van der Waals surface area (Å²) in [4.78, 5) is 13.2. The summed E-state index contributed by atoms with van der Waals surface area (Å²) in [6, 6.07) is 0. The lowest BCUT2D eigenvalue weighted by atomic mass is 9.98. The summed E-state index contributed by atoms with van der Waals surface area (Å²) in [6.07, 6.45) is 2.19. The van der Waals surface area contributed by atoms with Crippen molar-refractivity contribution in [2.75, 3.05) is 19.6 Å². The Balaban J connectivity index is 2.49. The molecule has 0 bridgehead atoms. The molecule has 1 heterocycles. The monoisotopic (exact) mass is 180 g/mol. The Morgan fingerprint density at radius 2 is 2.46 bits per heavy atom. The van der Waals surface area contributed by atoms with Gasteiger partial charge >= 0.3 is 0 Å². The van der Waals surface area contributed by atoms with E-state index in [1.165, 1.54) is 0 Å². The second-order valence-corrected chi connectivity index (χ2v) is 3.37. The molecule has 0 aromatic carbocycles. The van der Waals surface area contributed by atoms with Crippen molar-refractivity contribution in [1.29, 1.82) is 0 Å². The van der Waals surface area contributed by atoms with E-state index in [1.807, 2.05) is 0 Å². The first kappa shape index (κ1) is 10.1. The molecule has 1 unspecified atom stereocenters. The third-order valence-electron chi connectivity index (χ3n) is 2.37. The van der Waals surface area contributed by atoms with Gasteiger partial charge in [-0.25, -0.2) is 0 Å². The van der Waals surface area contributed by atoms with Gasteiger partial charge in [0.15, 0.2) is 0 Å². The topological polar surface area (TPSA) is 46.3 Å². The van der Waals surface area contributed by atoms with Crippen molar-refractivity contribution in [3.05, 3.63) is 0 Å². The molecular weight excluding hydrogens is 164 g/mol. The molecule has 0 radical (unpaired) electrons. The van der Waals surface area contributed by atoms with Crippen LogP contribution in [0.2, 0.25) is 0 Å². The van der Waals surface area contributed by atoms with E-state index in [9.17, 15) is 4.79 Å². The normalized spacial score (nSPS) is 22.0. The van der Waals surface area contributed by atoms with Crippen LogP contribution in [0.25, 0.3) is 0 Å². The Labute approximate surface area is 79.3 Å². The number of carbonyl (C=O) groups excluding carboxylic acids is 1. The molecule has 0 spiro atoms. The zero-order valence-corrected chi connectivity index (χ0v) is 8.05. The molecule has 1 rings (SSSR count). The van der Waals surface area contributed by atoms with Gasteiger partial charge < -0.3 is 10.6 Å². The number of rotatable bonds is 1. The van der Waals surface area contributed by atoms with Crippen molar-refractivity contribution in [3.8, 4) is 11.8 Å². The molecule has 3 nitrogen and oxygen atoms in total. The summed E-state index contributed by atoms with van der Waals surface area (Å²) < 4.78 is 0. The summed E-state index contributed by atoms with van der Waals surface area (Å²) >= 11 is 0. The minimum Gasteiger partial charge on any atom is -0.332 e. The zero-order valence-electron chi connectivity index (χ0n) is 8.05. The first-order valence-corrected chi connectivity index (χ1v) is 4.69. The SMILES string of the molecule is CC#CC(=O)N1CCCC(CN)C1. The minimum atomic E-state index is -0.0550. The number of carbonyl (C=O) groups is 1. The molecule has 1 atom stereocenters. The van der Waals surface area contributed by atoms with Gasteiger partial charge in [-0.15, -0.1) is 0 Å². The van der Waals surface area contributed by atoms with Crippen molar-refractivity contribution in [2.45, 2.75) is 19.8 Å². The molecule has 1 saturated heterocycles. The van der Waals surface area contributed by atoms with Gasteiger partial charge in [-0.3, -0.25) is 4.79 Å². The fraction of sp³-hybridized carbons (Fsp3) is 0.700. The largest absolute Gasteiger partial charge is 0.332 e. The predicted octanol–water partition coefficient (Wildman–Crippen LogP) is 0.207. The second kappa shape index (κ2) is 4.88. The fourth-order valence-electron chi connectivity index (χ4n) is 1.63. The molecule has 1 fully saturated rings. The number of nitrogens with two attached hydrogens (primary N) is 1. The van der Waals surface area contributed by atoms with Gasteiger partial charge in [-0.1, -0.05) is 5.92 Å². The Kier molecular flexibility index (Phi) is 3.78. The maximum Gasteiger partial charge on any atom is 0.298 e. The average molecular weight is 180 g/mol. The molecule has 0 aromatic heterocycles. The number of likely N-dealkylation sites (tertiary alicyclic amines) is 1. The van der Waals surface area contributed by atoms with E-state index in [1.54, 1.807) is 11.8 Å². The summed E-state index contributed by atoms with van der Waals surface area (Å²) in [5.74, 6) is 5.60. The van der Waals surface area contributed by atoms with E-state index in [2.05, 4.69) is 11.8 Å². The Bertz CT molecular complexity index is 239. The van der Waals surface area contributed by atoms with Gasteiger partial charge in [0.1, 0.15) is 0 Å². The Morgan fingerprint density at radius 3 is 3.08 bits per heavy atom. The zero-order chi connectivity index (χ0) is 9.68. The first-order valence-electron chi connectivity index (χ1n) is 4.69. The van der Waals surface area contributed by atoms with E-state index in [-0.39, 0.29) is 5.91 Å². The lowest BCUT2D eigenvalue weighted by Gasteiger charge is -2.30. The maximum atomic E-state index is 11.4. The summed E-state index contributed by atoms with van der Waals surface area (Å²) in [5.41, 5.74) is 5.57. The van der Waals surface area contributed by atoms with Gasteiger partial charge in [0.2, 0.25) is 0 Å². The van der Waals surface area contributed by atoms with Crippen LogP contribution in [0, 0.1) is 17.8 Å². The van der Waals surface area contributed by atoms with Crippen LogP contribution in [0.3, 0.4) is 0 Å². The highest BCUT2D eigenvalue weighted by atomic mass is 16.2. The van der Waals surface area contributed by atoms with Crippen molar-refractivity contribution >= 4 is 5.91 Å². The fourth-order valence-corrected chi connectivity index (χ4v) is 1.63. The van der Waals surface area contributed by atoms with Crippen molar-refractivity contribution in [3.63, 3.8) is 0 Å². The van der Waals surface area contributed by atoms with E-state index in [0.29, 0.717) is 12.5 Å². The van der Waals surface area contributed by atoms with Crippen molar-refractivity contribution in [2.24, 2.45) is 11.7 Å². The molecule has 1 aliphatic rings. The molecule has 0 saturated carbocycles. The van der Waals surface area contributed by atoms with Crippen LogP contribution in [0.1, 0.15) is 19.8 Å². The van der Waals surface area contributed by atoms with Crippen LogP contribution in [0.4, 0.5) is 0 Å².